The van der Waals surface area contributed by atoms with Gasteiger partial charge in [0.2, 0.25) is 0 Å². The topological polar surface area (TPSA) is 43.9 Å². The number of hydrogen-bond donors (Lipinski definition) is 1. The highest BCUT2D eigenvalue weighted by Crippen LogP contribution is 2.23. The largest absolute Gasteiger partial charge is 0.422 e. The second-order valence-electron chi connectivity index (χ2n) is 7.50. The Labute approximate surface area is 163 Å². The predicted molar refractivity (Wildman–Crippen MR) is 108 cm³/mol. The van der Waals surface area contributed by atoms with Crippen LogP contribution >= 0.6 is 11.3 Å². The van der Waals surface area contributed by atoms with Gasteiger partial charge < -0.3 is 14.1 Å². The van der Waals surface area contributed by atoms with Gasteiger partial charge in [-0.15, -0.1) is 11.3 Å². The van der Waals surface area contributed by atoms with Crippen molar-refractivity contribution >= 4 is 22.3 Å². The summed E-state index contributed by atoms with van der Waals surface area (Å²) in [7, 11) is 0. The van der Waals surface area contributed by atoms with E-state index in [0.29, 0.717) is 6.10 Å². The number of benzene rings is 1. The fraction of sp³-hybridized carbons (Fsp3) is 0.409. The molecule has 1 aliphatic rings. The lowest BCUT2D eigenvalue weighted by molar-refractivity contribution is -0.930. The van der Waals surface area contributed by atoms with Crippen LogP contribution in [0.15, 0.2) is 44.9 Å². The third kappa shape index (κ3) is 4.15. The minimum atomic E-state index is -0.265. The van der Waals surface area contributed by atoms with Gasteiger partial charge in [0.15, 0.2) is 0 Å². The molecule has 2 atom stereocenters. The molecule has 1 unspecified atom stereocenters. The van der Waals surface area contributed by atoms with E-state index in [1.54, 1.807) is 17.4 Å². The average Bonchev–Trinajstić information content (AvgIpc) is 3.32. The van der Waals surface area contributed by atoms with E-state index in [0.717, 1.165) is 66.7 Å². The molecular weight excluding hydrogens is 358 g/mol. The molecule has 2 aromatic heterocycles. The standard InChI is InChI=1S/C22H25NO3S/c1-15-7-8-20-17(11-21(24)26-22(20)16(15)2)12-23(13-18-5-3-9-25-18)14-19-6-4-10-27-19/h4,6-8,10-11,18H,3,5,9,12-14H2,1-2H3/p+1/t18-/m0/s1. The van der Waals surface area contributed by atoms with Gasteiger partial charge in [0.1, 0.15) is 31.3 Å². The van der Waals surface area contributed by atoms with Crippen LogP contribution in [0.3, 0.4) is 0 Å². The summed E-state index contributed by atoms with van der Waals surface area (Å²) in [5.74, 6) is 0. The molecule has 4 rings (SSSR count). The Bertz CT molecular complexity index is 971. The monoisotopic (exact) mass is 384 g/mol. The van der Waals surface area contributed by atoms with E-state index in [9.17, 15) is 4.79 Å². The van der Waals surface area contributed by atoms with E-state index in [-0.39, 0.29) is 5.63 Å². The highest BCUT2D eigenvalue weighted by molar-refractivity contribution is 7.09. The van der Waals surface area contributed by atoms with Crippen molar-refractivity contribution < 1.29 is 14.1 Å². The van der Waals surface area contributed by atoms with Crippen molar-refractivity contribution in [1.29, 1.82) is 0 Å². The Balaban J connectivity index is 1.67. The van der Waals surface area contributed by atoms with Crippen LogP contribution in [0, 0.1) is 13.8 Å². The summed E-state index contributed by atoms with van der Waals surface area (Å²) in [4.78, 5) is 15.0. The summed E-state index contributed by atoms with van der Waals surface area (Å²) in [6.07, 6.45) is 2.59. The lowest BCUT2D eigenvalue weighted by Gasteiger charge is -2.22. The molecule has 0 saturated carbocycles. The molecular formula is C22H26NO3S+. The maximum absolute atomic E-state index is 12.2. The average molecular weight is 385 g/mol. The van der Waals surface area contributed by atoms with E-state index in [2.05, 4.69) is 29.6 Å². The number of fused-ring (bicyclic) bond motifs is 1. The van der Waals surface area contributed by atoms with Crippen LogP contribution < -0.4 is 10.5 Å². The number of rotatable bonds is 6. The van der Waals surface area contributed by atoms with Crippen molar-refractivity contribution in [2.24, 2.45) is 0 Å². The van der Waals surface area contributed by atoms with Crippen molar-refractivity contribution in [1.82, 2.24) is 0 Å². The molecule has 142 valence electrons. The van der Waals surface area contributed by atoms with Crippen LogP contribution in [0.1, 0.15) is 34.4 Å². The highest BCUT2D eigenvalue weighted by Gasteiger charge is 2.24. The first-order valence-electron chi connectivity index (χ1n) is 9.60. The van der Waals surface area contributed by atoms with Crippen LogP contribution in [0.4, 0.5) is 0 Å². The molecule has 3 heterocycles. The minimum absolute atomic E-state index is 0.265. The third-order valence-electron chi connectivity index (χ3n) is 5.50. The molecule has 5 heteroatoms. The molecule has 0 radical (unpaired) electrons. The summed E-state index contributed by atoms with van der Waals surface area (Å²) in [6, 6.07) is 10.2. The molecule has 0 bridgehead atoms. The molecule has 27 heavy (non-hydrogen) atoms. The number of thiophene rings is 1. The van der Waals surface area contributed by atoms with Crippen molar-refractivity contribution in [3.05, 3.63) is 67.7 Å². The van der Waals surface area contributed by atoms with Gasteiger partial charge in [-0.25, -0.2) is 4.79 Å². The summed E-state index contributed by atoms with van der Waals surface area (Å²) in [6.45, 7) is 7.64. The second-order valence-corrected chi connectivity index (χ2v) is 8.53. The molecule has 4 nitrogen and oxygen atoms in total. The first-order chi connectivity index (χ1) is 13.1. The zero-order valence-corrected chi connectivity index (χ0v) is 16.7. The first kappa shape index (κ1) is 18.4. The lowest BCUT2D eigenvalue weighted by atomic mass is 10.0. The Morgan fingerprint density at radius 3 is 2.85 bits per heavy atom. The smallest absolute Gasteiger partial charge is 0.336 e. The van der Waals surface area contributed by atoms with Crippen molar-refractivity contribution in [3.8, 4) is 0 Å². The van der Waals surface area contributed by atoms with Crippen LogP contribution in [-0.4, -0.2) is 19.3 Å². The van der Waals surface area contributed by atoms with Crippen LogP contribution in [-0.2, 0) is 17.8 Å². The summed E-state index contributed by atoms with van der Waals surface area (Å²) < 4.78 is 11.4. The minimum Gasteiger partial charge on any atom is -0.422 e. The van der Waals surface area contributed by atoms with Gasteiger partial charge in [0, 0.05) is 23.6 Å². The van der Waals surface area contributed by atoms with E-state index in [1.165, 1.54) is 9.78 Å². The molecule has 1 saturated heterocycles. The molecule has 0 aliphatic carbocycles. The number of hydrogen-bond acceptors (Lipinski definition) is 4. The quantitative estimate of drug-likeness (QED) is 0.664. The SMILES string of the molecule is Cc1ccc2c(C[NH+](Cc3cccs3)C[C@@H]3CCCO3)cc(=O)oc2c1C. The van der Waals surface area contributed by atoms with Gasteiger partial charge in [-0.2, -0.15) is 0 Å². The Hall–Kier alpha value is -1.95. The van der Waals surface area contributed by atoms with Gasteiger partial charge in [-0.05, 0) is 49.3 Å². The van der Waals surface area contributed by atoms with E-state index in [4.69, 9.17) is 9.15 Å². The van der Waals surface area contributed by atoms with E-state index >= 15 is 0 Å². The van der Waals surface area contributed by atoms with Crippen molar-refractivity contribution in [3.63, 3.8) is 0 Å². The molecule has 3 aromatic rings. The normalized spacial score (nSPS) is 18.2. The molecule has 1 fully saturated rings. The van der Waals surface area contributed by atoms with Gasteiger partial charge >= 0.3 is 5.63 Å². The molecule has 1 N–H and O–H groups in total. The van der Waals surface area contributed by atoms with Gasteiger partial charge in [-0.3, -0.25) is 0 Å². The lowest BCUT2D eigenvalue weighted by Crippen LogP contribution is -3.10. The zero-order chi connectivity index (χ0) is 18.8. The number of nitrogens with one attached hydrogen (secondary N) is 1. The van der Waals surface area contributed by atoms with Gasteiger partial charge in [0.05, 0.1) is 4.88 Å². The van der Waals surface area contributed by atoms with Gasteiger partial charge in [-0.1, -0.05) is 18.2 Å². The van der Waals surface area contributed by atoms with Crippen LogP contribution in [0.2, 0.25) is 0 Å². The first-order valence-corrected chi connectivity index (χ1v) is 10.5. The highest BCUT2D eigenvalue weighted by atomic mass is 32.1. The van der Waals surface area contributed by atoms with Crippen molar-refractivity contribution in [2.75, 3.05) is 13.2 Å². The molecule has 0 spiro atoms. The van der Waals surface area contributed by atoms with E-state index in [1.807, 2.05) is 13.8 Å². The van der Waals surface area contributed by atoms with Gasteiger partial charge in [0.25, 0.3) is 0 Å². The third-order valence-corrected chi connectivity index (χ3v) is 6.38. The molecule has 1 aromatic carbocycles. The maximum Gasteiger partial charge on any atom is 0.336 e. The number of aryl methyl sites for hydroxylation is 2. The Kier molecular flexibility index (Phi) is 5.43. The predicted octanol–water partition coefficient (Wildman–Crippen LogP) is 3.24. The summed E-state index contributed by atoms with van der Waals surface area (Å²) in [5.41, 5.74) is 3.72. The Morgan fingerprint density at radius 2 is 2.11 bits per heavy atom. The number of quaternary nitrogens is 1. The molecule has 0 amide bonds. The number of ether oxygens (including phenoxy) is 1. The fourth-order valence-electron chi connectivity index (χ4n) is 3.93. The van der Waals surface area contributed by atoms with Crippen LogP contribution in [0.25, 0.3) is 11.0 Å². The summed E-state index contributed by atoms with van der Waals surface area (Å²) >= 11 is 1.79. The van der Waals surface area contributed by atoms with E-state index < -0.39 is 0 Å². The summed E-state index contributed by atoms with van der Waals surface area (Å²) in [5, 5.41) is 3.17. The second kappa shape index (κ2) is 7.97. The van der Waals surface area contributed by atoms with Crippen molar-refractivity contribution in [2.45, 2.75) is 45.9 Å². The zero-order valence-electron chi connectivity index (χ0n) is 15.9. The maximum atomic E-state index is 12.2. The van der Waals surface area contributed by atoms with Crippen LogP contribution in [0.5, 0.6) is 0 Å². The fourth-order valence-corrected chi connectivity index (χ4v) is 4.71. The molecule has 1 aliphatic heterocycles. The Morgan fingerprint density at radius 1 is 1.22 bits per heavy atom.